The summed E-state index contributed by atoms with van der Waals surface area (Å²) in [6.45, 7) is 0. The van der Waals surface area contributed by atoms with Gasteiger partial charge in [-0.1, -0.05) is 15.9 Å². The van der Waals surface area contributed by atoms with Crippen LogP contribution in [-0.4, -0.2) is 18.1 Å². The first kappa shape index (κ1) is 14.0. The smallest absolute Gasteiger partial charge is 0.309 e. The number of rotatable bonds is 4. The normalized spacial score (nSPS) is 10.7. The van der Waals surface area contributed by atoms with Crippen LogP contribution in [0.3, 0.4) is 0 Å². The van der Waals surface area contributed by atoms with E-state index in [1.807, 2.05) is 0 Å². The van der Waals surface area contributed by atoms with Crippen molar-refractivity contribution in [2.75, 3.05) is 7.11 Å². The Morgan fingerprint density at radius 3 is 2.71 bits per heavy atom. The highest BCUT2D eigenvalue weighted by Crippen LogP contribution is 2.28. The molecule has 1 heterocycles. The number of pyridine rings is 1. The maximum atomic E-state index is 13.1. The molecule has 0 saturated carbocycles. The van der Waals surface area contributed by atoms with E-state index in [1.54, 1.807) is 0 Å². The number of hydrogen-bond donors (Lipinski definition) is 0. The zero-order valence-corrected chi connectivity index (χ0v) is 10.4. The van der Waals surface area contributed by atoms with Gasteiger partial charge in [-0.25, -0.2) is 13.8 Å². The number of halogens is 4. The second-order valence-electron chi connectivity index (χ2n) is 3.15. The van der Waals surface area contributed by atoms with Gasteiger partial charge in [-0.2, -0.15) is 4.39 Å². The van der Waals surface area contributed by atoms with E-state index in [-0.39, 0.29) is 16.6 Å². The van der Waals surface area contributed by atoms with E-state index in [0.717, 1.165) is 13.2 Å². The van der Waals surface area contributed by atoms with Gasteiger partial charge in [0.25, 0.3) is 6.43 Å². The lowest BCUT2D eigenvalue weighted by atomic mass is 10.0. The summed E-state index contributed by atoms with van der Waals surface area (Å²) >= 11 is 2.95. The van der Waals surface area contributed by atoms with Crippen LogP contribution in [0.5, 0.6) is 0 Å². The lowest BCUT2D eigenvalue weighted by Crippen LogP contribution is -2.11. The summed E-state index contributed by atoms with van der Waals surface area (Å²) in [6.07, 6.45) is -3.23. The number of hydrogen-bond acceptors (Lipinski definition) is 3. The number of ether oxygens (including phenoxy) is 1. The predicted molar refractivity (Wildman–Crippen MR) is 57.5 cm³/mol. The standard InChI is InChI=1S/C10H9BrF3NO2/c1-17-8(16)3-5-2-7(12)15-6(4-11)9(5)10(13)14/h2,10H,3-4H2,1H3. The molecule has 3 nitrogen and oxygen atoms in total. The average molecular weight is 312 g/mol. The zero-order chi connectivity index (χ0) is 13.0. The molecule has 1 aromatic rings. The summed E-state index contributed by atoms with van der Waals surface area (Å²) in [5, 5.41) is -0.0153. The van der Waals surface area contributed by atoms with Crippen molar-refractivity contribution in [1.29, 1.82) is 0 Å². The minimum absolute atomic E-state index is 0.0153. The van der Waals surface area contributed by atoms with Crippen molar-refractivity contribution in [3.05, 3.63) is 28.8 Å². The number of carbonyl (C=O) groups is 1. The van der Waals surface area contributed by atoms with Crippen molar-refractivity contribution >= 4 is 21.9 Å². The van der Waals surface area contributed by atoms with Gasteiger partial charge >= 0.3 is 5.97 Å². The maximum Gasteiger partial charge on any atom is 0.309 e. The van der Waals surface area contributed by atoms with Crippen LogP contribution >= 0.6 is 15.9 Å². The zero-order valence-electron chi connectivity index (χ0n) is 8.84. The molecule has 0 amide bonds. The van der Waals surface area contributed by atoms with Crippen LogP contribution < -0.4 is 0 Å². The van der Waals surface area contributed by atoms with Gasteiger partial charge in [0.1, 0.15) is 0 Å². The van der Waals surface area contributed by atoms with E-state index in [1.165, 1.54) is 0 Å². The molecule has 0 unspecified atom stereocenters. The fraction of sp³-hybridized carbons (Fsp3) is 0.400. The third kappa shape index (κ3) is 3.42. The van der Waals surface area contributed by atoms with Gasteiger partial charge in [0.2, 0.25) is 5.95 Å². The first-order valence-electron chi connectivity index (χ1n) is 4.58. The molecule has 0 aliphatic carbocycles. The molecule has 0 aromatic carbocycles. The highest BCUT2D eigenvalue weighted by molar-refractivity contribution is 9.08. The first-order chi connectivity index (χ1) is 7.99. The Bertz CT molecular complexity index is 426. The van der Waals surface area contributed by atoms with Crippen LogP contribution in [0.2, 0.25) is 0 Å². The Balaban J connectivity index is 3.25. The molecular weight excluding hydrogens is 303 g/mol. The van der Waals surface area contributed by atoms with Crippen molar-refractivity contribution < 1.29 is 22.7 Å². The fourth-order valence-electron chi connectivity index (χ4n) is 1.37. The molecule has 1 aromatic heterocycles. The van der Waals surface area contributed by atoms with Crippen molar-refractivity contribution in [3.8, 4) is 0 Å². The summed E-state index contributed by atoms with van der Waals surface area (Å²) in [4.78, 5) is 14.4. The lowest BCUT2D eigenvalue weighted by molar-refractivity contribution is -0.139. The molecule has 7 heteroatoms. The minimum Gasteiger partial charge on any atom is -0.469 e. The summed E-state index contributed by atoms with van der Waals surface area (Å²) in [6, 6.07) is 0.824. The van der Waals surface area contributed by atoms with Gasteiger partial charge in [0, 0.05) is 10.9 Å². The number of alkyl halides is 3. The average Bonchev–Trinajstić information content (AvgIpc) is 2.27. The van der Waals surface area contributed by atoms with E-state index in [4.69, 9.17) is 0 Å². The monoisotopic (exact) mass is 311 g/mol. The Morgan fingerprint density at radius 1 is 1.59 bits per heavy atom. The predicted octanol–water partition coefficient (Wildman–Crippen LogP) is 2.77. The molecular formula is C10H9BrF3NO2. The number of methoxy groups -OCH3 is 1. The molecule has 0 spiro atoms. The van der Waals surface area contributed by atoms with E-state index in [9.17, 15) is 18.0 Å². The maximum absolute atomic E-state index is 13.1. The molecule has 94 valence electrons. The molecule has 1 rings (SSSR count). The van der Waals surface area contributed by atoms with Crippen LogP contribution in [0.1, 0.15) is 23.2 Å². The van der Waals surface area contributed by atoms with E-state index in [0.29, 0.717) is 0 Å². The van der Waals surface area contributed by atoms with Gasteiger partial charge < -0.3 is 4.74 Å². The molecule has 0 saturated heterocycles. The van der Waals surface area contributed by atoms with Crippen LogP contribution in [0.15, 0.2) is 6.07 Å². The van der Waals surface area contributed by atoms with Crippen LogP contribution in [0, 0.1) is 5.95 Å². The molecule has 0 aliphatic rings. The quantitative estimate of drug-likeness (QED) is 0.487. The van der Waals surface area contributed by atoms with Gasteiger partial charge in [-0.05, 0) is 11.6 Å². The number of aromatic nitrogens is 1. The van der Waals surface area contributed by atoms with Gasteiger partial charge in [0.05, 0.1) is 19.2 Å². The molecule has 0 bridgehead atoms. The SMILES string of the molecule is COC(=O)Cc1cc(F)nc(CBr)c1C(F)F. The number of esters is 1. The van der Waals surface area contributed by atoms with Gasteiger partial charge in [0.15, 0.2) is 0 Å². The Hall–Kier alpha value is -1.11. The van der Waals surface area contributed by atoms with Crippen LogP contribution in [-0.2, 0) is 21.3 Å². The third-order valence-corrected chi connectivity index (χ3v) is 2.63. The number of carbonyl (C=O) groups excluding carboxylic acids is 1. The first-order valence-corrected chi connectivity index (χ1v) is 5.70. The van der Waals surface area contributed by atoms with Crippen molar-refractivity contribution in [2.24, 2.45) is 0 Å². The molecule has 0 fully saturated rings. The van der Waals surface area contributed by atoms with Crippen molar-refractivity contribution in [2.45, 2.75) is 18.2 Å². The largest absolute Gasteiger partial charge is 0.469 e. The highest BCUT2D eigenvalue weighted by Gasteiger charge is 2.21. The van der Waals surface area contributed by atoms with Gasteiger partial charge in [-0.15, -0.1) is 0 Å². The molecule has 17 heavy (non-hydrogen) atoms. The second-order valence-corrected chi connectivity index (χ2v) is 3.71. The molecule has 0 aliphatic heterocycles. The van der Waals surface area contributed by atoms with Crippen molar-refractivity contribution in [3.63, 3.8) is 0 Å². The minimum atomic E-state index is -2.82. The molecule has 0 radical (unpaired) electrons. The third-order valence-electron chi connectivity index (χ3n) is 2.10. The lowest BCUT2D eigenvalue weighted by Gasteiger charge is -2.11. The van der Waals surface area contributed by atoms with Crippen LogP contribution in [0.25, 0.3) is 0 Å². The van der Waals surface area contributed by atoms with E-state index < -0.39 is 30.3 Å². The Labute approximate surface area is 104 Å². The van der Waals surface area contributed by atoms with Crippen LogP contribution in [0.4, 0.5) is 13.2 Å². The highest BCUT2D eigenvalue weighted by atomic mass is 79.9. The Kier molecular flexibility index (Phi) is 4.92. The second kappa shape index (κ2) is 6.00. The summed E-state index contributed by atoms with van der Waals surface area (Å²) in [5.74, 6) is -1.61. The Morgan fingerprint density at radius 2 is 2.24 bits per heavy atom. The molecule has 0 atom stereocenters. The van der Waals surface area contributed by atoms with E-state index >= 15 is 0 Å². The van der Waals surface area contributed by atoms with Gasteiger partial charge in [-0.3, -0.25) is 4.79 Å². The van der Waals surface area contributed by atoms with E-state index in [2.05, 4.69) is 25.7 Å². The summed E-state index contributed by atoms with van der Waals surface area (Å²) < 4.78 is 43.1. The molecule has 0 N–H and O–H groups in total. The summed E-state index contributed by atoms with van der Waals surface area (Å²) in [5.41, 5.74) is -0.638. The number of nitrogens with zero attached hydrogens (tertiary/aromatic N) is 1. The summed E-state index contributed by atoms with van der Waals surface area (Å²) in [7, 11) is 1.13. The fourth-order valence-corrected chi connectivity index (χ4v) is 1.80. The topological polar surface area (TPSA) is 39.2 Å². The van der Waals surface area contributed by atoms with Crippen molar-refractivity contribution in [1.82, 2.24) is 4.98 Å².